The van der Waals surface area contributed by atoms with Crippen molar-refractivity contribution >= 4 is 15.9 Å². The highest BCUT2D eigenvalue weighted by Crippen LogP contribution is 2.14. The summed E-state index contributed by atoms with van der Waals surface area (Å²) in [6.07, 6.45) is 0.981. The van der Waals surface area contributed by atoms with Crippen molar-refractivity contribution in [2.45, 2.75) is 51.5 Å². The molecule has 1 unspecified atom stereocenters. The second-order valence-corrected chi connectivity index (χ2v) is 7.04. The van der Waals surface area contributed by atoms with E-state index in [2.05, 4.69) is 10.0 Å². The molecule has 0 heterocycles. The number of nitrogens with one attached hydrogen (secondary N) is 2. The predicted molar refractivity (Wildman–Crippen MR) is 83.6 cm³/mol. The molecule has 6 heteroatoms. The number of amides is 1. The van der Waals surface area contributed by atoms with Crippen molar-refractivity contribution in [3.63, 3.8) is 0 Å². The quantitative estimate of drug-likeness (QED) is 0.807. The molecule has 118 valence electrons. The Kier molecular flexibility index (Phi) is 6.36. The van der Waals surface area contributed by atoms with Crippen LogP contribution in [0.5, 0.6) is 0 Å². The highest BCUT2D eigenvalue weighted by atomic mass is 32.2. The van der Waals surface area contributed by atoms with Gasteiger partial charge in [-0.15, -0.1) is 0 Å². The van der Waals surface area contributed by atoms with E-state index in [1.54, 1.807) is 18.2 Å². The van der Waals surface area contributed by atoms with Gasteiger partial charge in [0.1, 0.15) is 0 Å². The van der Waals surface area contributed by atoms with Gasteiger partial charge >= 0.3 is 0 Å². The first kappa shape index (κ1) is 17.7. The number of hydrogen-bond acceptors (Lipinski definition) is 3. The average molecular weight is 312 g/mol. The van der Waals surface area contributed by atoms with Gasteiger partial charge in [-0.2, -0.15) is 0 Å². The van der Waals surface area contributed by atoms with Gasteiger partial charge in [0, 0.05) is 19.0 Å². The lowest BCUT2D eigenvalue weighted by molar-refractivity contribution is -0.121. The van der Waals surface area contributed by atoms with Gasteiger partial charge in [-0.1, -0.05) is 13.0 Å². The van der Waals surface area contributed by atoms with E-state index in [4.69, 9.17) is 0 Å². The monoisotopic (exact) mass is 312 g/mol. The molecule has 0 aromatic heterocycles. The number of hydrogen-bond donors (Lipinski definition) is 2. The van der Waals surface area contributed by atoms with Gasteiger partial charge in [-0.3, -0.25) is 4.79 Å². The molecule has 0 saturated carbocycles. The third kappa shape index (κ3) is 5.47. The zero-order valence-corrected chi connectivity index (χ0v) is 13.9. The Hall–Kier alpha value is -1.40. The van der Waals surface area contributed by atoms with E-state index in [1.165, 1.54) is 0 Å². The molecule has 0 saturated heterocycles. The van der Waals surface area contributed by atoms with Crippen LogP contribution in [0.3, 0.4) is 0 Å². The van der Waals surface area contributed by atoms with Crippen LogP contribution < -0.4 is 10.0 Å². The Morgan fingerprint density at radius 3 is 2.48 bits per heavy atom. The number of carbonyl (C=O) groups excluding carboxylic acids is 1. The average Bonchev–Trinajstić information content (AvgIpc) is 2.41. The SMILES string of the molecule is CCC(C)NC(=O)CCNS(=O)(=O)c1ccc(C)c(C)c1. The highest BCUT2D eigenvalue weighted by Gasteiger charge is 2.15. The Morgan fingerprint density at radius 1 is 1.24 bits per heavy atom. The van der Waals surface area contributed by atoms with Crippen LogP contribution in [0.1, 0.15) is 37.8 Å². The van der Waals surface area contributed by atoms with Crippen molar-refractivity contribution in [2.75, 3.05) is 6.54 Å². The normalized spacial score (nSPS) is 13.0. The Balaban J connectivity index is 2.57. The topological polar surface area (TPSA) is 75.3 Å². The fourth-order valence-corrected chi connectivity index (χ4v) is 2.83. The lowest BCUT2D eigenvalue weighted by atomic mass is 10.1. The summed E-state index contributed by atoms with van der Waals surface area (Å²) in [5.41, 5.74) is 1.97. The summed E-state index contributed by atoms with van der Waals surface area (Å²) in [5, 5.41) is 2.80. The number of carbonyl (C=O) groups is 1. The van der Waals surface area contributed by atoms with Gasteiger partial charge in [0.05, 0.1) is 4.90 Å². The maximum Gasteiger partial charge on any atom is 0.240 e. The molecular weight excluding hydrogens is 288 g/mol. The van der Waals surface area contributed by atoms with Crippen molar-refractivity contribution < 1.29 is 13.2 Å². The Labute approximate surface area is 127 Å². The van der Waals surface area contributed by atoms with E-state index in [1.807, 2.05) is 27.7 Å². The maximum absolute atomic E-state index is 12.1. The van der Waals surface area contributed by atoms with Gasteiger partial charge in [0.25, 0.3) is 0 Å². The summed E-state index contributed by atoms with van der Waals surface area (Å²) in [4.78, 5) is 11.8. The molecule has 0 radical (unpaired) electrons. The van der Waals surface area contributed by atoms with Crippen LogP contribution in [0.4, 0.5) is 0 Å². The summed E-state index contributed by atoms with van der Waals surface area (Å²) in [7, 11) is -3.56. The first-order valence-corrected chi connectivity index (χ1v) is 8.61. The fraction of sp³-hybridized carbons (Fsp3) is 0.533. The second-order valence-electron chi connectivity index (χ2n) is 5.27. The first-order chi connectivity index (χ1) is 9.76. The largest absolute Gasteiger partial charge is 0.354 e. The second kappa shape index (κ2) is 7.56. The maximum atomic E-state index is 12.1. The first-order valence-electron chi connectivity index (χ1n) is 7.12. The lowest BCUT2D eigenvalue weighted by Crippen LogP contribution is -2.35. The van der Waals surface area contributed by atoms with E-state index in [0.717, 1.165) is 17.5 Å². The molecule has 1 aromatic rings. The van der Waals surface area contributed by atoms with Gasteiger partial charge < -0.3 is 5.32 Å². The van der Waals surface area contributed by atoms with Crippen molar-refractivity contribution in [1.29, 1.82) is 0 Å². The molecule has 0 aliphatic rings. The molecule has 0 bridgehead atoms. The van der Waals surface area contributed by atoms with Crippen LogP contribution in [-0.4, -0.2) is 26.9 Å². The lowest BCUT2D eigenvalue weighted by Gasteiger charge is -2.12. The van der Waals surface area contributed by atoms with E-state index < -0.39 is 10.0 Å². The van der Waals surface area contributed by atoms with E-state index in [9.17, 15) is 13.2 Å². The molecule has 1 aromatic carbocycles. The smallest absolute Gasteiger partial charge is 0.240 e. The minimum atomic E-state index is -3.56. The zero-order valence-electron chi connectivity index (χ0n) is 13.1. The molecule has 2 N–H and O–H groups in total. The van der Waals surface area contributed by atoms with Crippen LogP contribution in [0, 0.1) is 13.8 Å². The molecule has 0 spiro atoms. The van der Waals surface area contributed by atoms with E-state index in [-0.39, 0.29) is 29.8 Å². The molecule has 0 aliphatic heterocycles. The molecule has 1 atom stereocenters. The number of rotatable bonds is 7. The number of sulfonamides is 1. The van der Waals surface area contributed by atoms with Crippen molar-refractivity contribution in [2.24, 2.45) is 0 Å². The molecule has 5 nitrogen and oxygen atoms in total. The zero-order chi connectivity index (χ0) is 16.0. The standard InChI is InChI=1S/C15H24N2O3S/c1-5-13(4)17-15(18)8-9-16-21(19,20)14-7-6-11(2)12(3)10-14/h6-7,10,13,16H,5,8-9H2,1-4H3,(H,17,18). The summed E-state index contributed by atoms with van der Waals surface area (Å²) in [6, 6.07) is 5.09. The number of benzene rings is 1. The summed E-state index contributed by atoms with van der Waals surface area (Å²) < 4.78 is 26.7. The third-order valence-corrected chi connectivity index (χ3v) is 4.91. The van der Waals surface area contributed by atoms with Crippen LogP contribution in [-0.2, 0) is 14.8 Å². The molecule has 0 aliphatic carbocycles. The molecule has 0 fully saturated rings. The van der Waals surface area contributed by atoms with Crippen molar-refractivity contribution in [1.82, 2.24) is 10.0 Å². The van der Waals surface area contributed by atoms with Crippen molar-refractivity contribution in [3.8, 4) is 0 Å². The minimum Gasteiger partial charge on any atom is -0.354 e. The van der Waals surface area contributed by atoms with E-state index in [0.29, 0.717) is 0 Å². The van der Waals surface area contributed by atoms with Crippen LogP contribution in [0.2, 0.25) is 0 Å². The fourth-order valence-electron chi connectivity index (χ4n) is 1.71. The summed E-state index contributed by atoms with van der Waals surface area (Å²) in [6.45, 7) is 7.79. The summed E-state index contributed by atoms with van der Waals surface area (Å²) in [5.74, 6) is -0.146. The predicted octanol–water partition coefficient (Wildman–Crippen LogP) is 1.89. The van der Waals surface area contributed by atoms with Crippen LogP contribution in [0.25, 0.3) is 0 Å². The van der Waals surface area contributed by atoms with E-state index >= 15 is 0 Å². The molecule has 1 amide bonds. The number of aryl methyl sites for hydroxylation is 2. The summed E-state index contributed by atoms with van der Waals surface area (Å²) >= 11 is 0. The molecule has 1 rings (SSSR count). The Morgan fingerprint density at radius 2 is 1.90 bits per heavy atom. The van der Waals surface area contributed by atoms with Gasteiger partial charge in [-0.25, -0.2) is 13.1 Å². The van der Waals surface area contributed by atoms with Gasteiger partial charge in [0.15, 0.2) is 0 Å². The molecule has 21 heavy (non-hydrogen) atoms. The highest BCUT2D eigenvalue weighted by molar-refractivity contribution is 7.89. The van der Waals surface area contributed by atoms with Crippen LogP contribution in [0.15, 0.2) is 23.1 Å². The molecular formula is C15H24N2O3S. The van der Waals surface area contributed by atoms with Gasteiger partial charge in [-0.05, 0) is 50.5 Å². The van der Waals surface area contributed by atoms with Crippen LogP contribution >= 0.6 is 0 Å². The third-order valence-electron chi connectivity index (χ3n) is 3.45. The van der Waals surface area contributed by atoms with Gasteiger partial charge in [0.2, 0.25) is 15.9 Å². The van der Waals surface area contributed by atoms with Crippen molar-refractivity contribution in [3.05, 3.63) is 29.3 Å². The minimum absolute atomic E-state index is 0.0948. The Bertz CT molecular complexity index is 597.